The Morgan fingerprint density at radius 2 is 1.85 bits per heavy atom. The van der Waals surface area contributed by atoms with E-state index in [9.17, 15) is 0 Å². The summed E-state index contributed by atoms with van der Waals surface area (Å²) >= 11 is 0. The number of hydrogen-bond donors (Lipinski definition) is 0. The molecule has 100 valence electrons. The number of hydrogen-bond acceptors (Lipinski definition) is 1. The Hall–Kier alpha value is -2.22. The van der Waals surface area contributed by atoms with Crippen molar-refractivity contribution >= 4 is 10.9 Å². The zero-order valence-electron chi connectivity index (χ0n) is 11.6. The fraction of sp³-hybridized carbons (Fsp3) is 0.222. The normalized spacial score (nSPS) is 13.7. The smallest absolute Gasteiger partial charge is 0.120 e. The highest BCUT2D eigenvalue weighted by Crippen LogP contribution is 2.36. The highest BCUT2D eigenvalue weighted by molar-refractivity contribution is 5.89. The van der Waals surface area contributed by atoms with Crippen LogP contribution in [-0.2, 0) is 12.8 Å². The highest BCUT2D eigenvalue weighted by atomic mass is 16.5. The van der Waals surface area contributed by atoms with E-state index in [4.69, 9.17) is 4.74 Å². The van der Waals surface area contributed by atoms with Gasteiger partial charge in [0.15, 0.2) is 0 Å². The van der Waals surface area contributed by atoms with Crippen LogP contribution in [0.5, 0.6) is 5.75 Å². The monoisotopic (exact) mass is 263 g/mol. The summed E-state index contributed by atoms with van der Waals surface area (Å²) in [7, 11) is 1.73. The van der Waals surface area contributed by atoms with Crippen molar-refractivity contribution in [3.05, 3.63) is 59.8 Å². The molecule has 0 aliphatic heterocycles. The number of aromatic nitrogens is 1. The van der Waals surface area contributed by atoms with Gasteiger partial charge in [0.05, 0.1) is 12.6 Å². The number of aryl methyl sites for hydroxylation is 1. The molecule has 0 radical (unpaired) electrons. The van der Waals surface area contributed by atoms with Gasteiger partial charge in [0.2, 0.25) is 0 Å². The maximum atomic E-state index is 5.40. The lowest BCUT2D eigenvalue weighted by atomic mass is 10.1. The average Bonchev–Trinajstić information content (AvgIpc) is 3.07. The van der Waals surface area contributed by atoms with Crippen LogP contribution >= 0.6 is 0 Å². The van der Waals surface area contributed by atoms with Crippen LogP contribution in [0.2, 0.25) is 0 Å². The van der Waals surface area contributed by atoms with E-state index in [-0.39, 0.29) is 0 Å². The van der Waals surface area contributed by atoms with Crippen molar-refractivity contribution in [1.29, 1.82) is 0 Å². The van der Waals surface area contributed by atoms with Gasteiger partial charge in [0.1, 0.15) is 5.75 Å². The molecule has 0 N–H and O–H groups in total. The molecule has 1 heterocycles. The predicted molar refractivity (Wildman–Crippen MR) is 81.9 cm³/mol. The second-order valence-electron chi connectivity index (χ2n) is 5.33. The third-order valence-corrected chi connectivity index (χ3v) is 4.24. The number of nitrogens with zero attached hydrogens (tertiary/aromatic N) is 1. The summed E-state index contributed by atoms with van der Waals surface area (Å²) in [5.74, 6) is 0.922. The Morgan fingerprint density at radius 3 is 2.65 bits per heavy atom. The van der Waals surface area contributed by atoms with Crippen LogP contribution in [-0.4, -0.2) is 11.7 Å². The maximum absolute atomic E-state index is 5.40. The minimum absolute atomic E-state index is 0.922. The Kier molecular flexibility index (Phi) is 2.56. The predicted octanol–water partition coefficient (Wildman–Crippen LogP) is 4.13. The minimum atomic E-state index is 0.922. The second kappa shape index (κ2) is 4.41. The van der Waals surface area contributed by atoms with Crippen molar-refractivity contribution in [3.63, 3.8) is 0 Å². The Bertz CT molecular complexity index is 771. The van der Waals surface area contributed by atoms with E-state index in [0.29, 0.717) is 0 Å². The van der Waals surface area contributed by atoms with Crippen LogP contribution in [0.1, 0.15) is 17.7 Å². The number of para-hydroxylation sites is 1. The van der Waals surface area contributed by atoms with Gasteiger partial charge in [-0.25, -0.2) is 0 Å². The van der Waals surface area contributed by atoms with Gasteiger partial charge in [-0.15, -0.1) is 0 Å². The van der Waals surface area contributed by atoms with Crippen LogP contribution in [0.15, 0.2) is 48.5 Å². The SMILES string of the molecule is COc1ccc2c3c(n(-c4ccccc4)c2c1)CCC3. The summed E-state index contributed by atoms with van der Waals surface area (Å²) in [6.07, 6.45) is 3.62. The molecule has 1 aromatic heterocycles. The van der Waals surface area contributed by atoms with Gasteiger partial charge in [0, 0.05) is 22.8 Å². The number of ether oxygens (including phenoxy) is 1. The molecule has 2 aromatic carbocycles. The second-order valence-corrected chi connectivity index (χ2v) is 5.33. The fourth-order valence-corrected chi connectivity index (χ4v) is 3.36. The van der Waals surface area contributed by atoms with E-state index in [1.165, 1.54) is 47.1 Å². The van der Waals surface area contributed by atoms with E-state index in [2.05, 4.69) is 53.1 Å². The lowest BCUT2D eigenvalue weighted by molar-refractivity contribution is 0.415. The summed E-state index contributed by atoms with van der Waals surface area (Å²) in [4.78, 5) is 0. The van der Waals surface area contributed by atoms with Crippen molar-refractivity contribution in [2.24, 2.45) is 0 Å². The molecule has 1 aliphatic carbocycles. The Balaban J connectivity index is 2.07. The van der Waals surface area contributed by atoms with Crippen LogP contribution in [0, 0.1) is 0 Å². The standard InChI is InChI=1S/C18H17NO/c1-20-14-10-11-16-15-8-5-9-17(15)19(18(16)12-14)13-6-3-2-4-7-13/h2-4,6-7,10-12H,5,8-9H2,1H3. The Morgan fingerprint density at radius 1 is 1.00 bits per heavy atom. The van der Waals surface area contributed by atoms with E-state index >= 15 is 0 Å². The van der Waals surface area contributed by atoms with Crippen molar-refractivity contribution in [3.8, 4) is 11.4 Å². The van der Waals surface area contributed by atoms with E-state index in [1.54, 1.807) is 7.11 Å². The third kappa shape index (κ3) is 1.58. The van der Waals surface area contributed by atoms with E-state index in [0.717, 1.165) is 5.75 Å². The lowest BCUT2D eigenvalue weighted by Crippen LogP contribution is -1.98. The van der Waals surface area contributed by atoms with Crippen LogP contribution < -0.4 is 4.74 Å². The van der Waals surface area contributed by atoms with Crippen molar-refractivity contribution < 1.29 is 4.74 Å². The summed E-state index contributed by atoms with van der Waals surface area (Å²) in [5.41, 5.74) is 5.50. The van der Waals surface area contributed by atoms with E-state index in [1.807, 2.05) is 0 Å². The molecular weight excluding hydrogens is 246 g/mol. The summed E-state index contributed by atoms with van der Waals surface area (Å²) in [6.45, 7) is 0. The van der Waals surface area contributed by atoms with Crippen LogP contribution in [0.25, 0.3) is 16.6 Å². The first-order valence-corrected chi connectivity index (χ1v) is 7.14. The molecule has 2 heteroatoms. The third-order valence-electron chi connectivity index (χ3n) is 4.24. The molecule has 0 saturated heterocycles. The number of benzene rings is 2. The first-order valence-electron chi connectivity index (χ1n) is 7.14. The van der Waals surface area contributed by atoms with Crippen LogP contribution in [0.4, 0.5) is 0 Å². The number of fused-ring (bicyclic) bond motifs is 3. The molecule has 0 saturated carbocycles. The molecule has 0 spiro atoms. The topological polar surface area (TPSA) is 14.2 Å². The first kappa shape index (κ1) is 11.6. The van der Waals surface area contributed by atoms with Gasteiger partial charge < -0.3 is 9.30 Å². The molecule has 2 nitrogen and oxygen atoms in total. The van der Waals surface area contributed by atoms with Crippen molar-refractivity contribution in [1.82, 2.24) is 4.57 Å². The van der Waals surface area contributed by atoms with Gasteiger partial charge in [0.25, 0.3) is 0 Å². The Labute approximate surface area is 118 Å². The van der Waals surface area contributed by atoms with E-state index < -0.39 is 0 Å². The maximum Gasteiger partial charge on any atom is 0.120 e. The summed E-state index contributed by atoms with van der Waals surface area (Å²) in [5, 5.41) is 1.38. The zero-order chi connectivity index (χ0) is 13.5. The fourth-order valence-electron chi connectivity index (χ4n) is 3.36. The molecule has 0 atom stereocenters. The van der Waals surface area contributed by atoms with Crippen molar-refractivity contribution in [2.75, 3.05) is 7.11 Å². The van der Waals surface area contributed by atoms with Gasteiger partial charge in [-0.05, 0) is 49.1 Å². The molecule has 4 rings (SSSR count). The summed E-state index contributed by atoms with van der Waals surface area (Å²) < 4.78 is 7.80. The molecular formula is C18H17NO. The van der Waals surface area contributed by atoms with Crippen molar-refractivity contribution in [2.45, 2.75) is 19.3 Å². The van der Waals surface area contributed by atoms with Crippen LogP contribution in [0.3, 0.4) is 0 Å². The number of methoxy groups -OCH3 is 1. The molecule has 0 amide bonds. The highest BCUT2D eigenvalue weighted by Gasteiger charge is 2.22. The zero-order valence-corrected chi connectivity index (χ0v) is 11.6. The molecule has 0 fully saturated rings. The van der Waals surface area contributed by atoms with Gasteiger partial charge in [-0.3, -0.25) is 0 Å². The van der Waals surface area contributed by atoms with Gasteiger partial charge in [-0.2, -0.15) is 0 Å². The molecule has 3 aromatic rings. The quantitative estimate of drug-likeness (QED) is 0.678. The molecule has 1 aliphatic rings. The minimum Gasteiger partial charge on any atom is -0.497 e. The molecule has 0 bridgehead atoms. The van der Waals surface area contributed by atoms with Gasteiger partial charge >= 0.3 is 0 Å². The average molecular weight is 263 g/mol. The molecule has 0 unspecified atom stereocenters. The summed E-state index contributed by atoms with van der Waals surface area (Å²) in [6, 6.07) is 17.0. The number of rotatable bonds is 2. The lowest BCUT2D eigenvalue weighted by Gasteiger charge is -2.10. The molecule has 20 heavy (non-hydrogen) atoms. The van der Waals surface area contributed by atoms with Gasteiger partial charge in [-0.1, -0.05) is 18.2 Å². The first-order chi connectivity index (χ1) is 9.88. The largest absolute Gasteiger partial charge is 0.497 e.